The van der Waals surface area contributed by atoms with Crippen molar-refractivity contribution in [3.63, 3.8) is 0 Å². The molecule has 0 radical (unpaired) electrons. The molecule has 0 spiro atoms. The summed E-state index contributed by atoms with van der Waals surface area (Å²) in [6.07, 6.45) is 3.94. The summed E-state index contributed by atoms with van der Waals surface area (Å²) < 4.78 is 5.77. The summed E-state index contributed by atoms with van der Waals surface area (Å²) >= 11 is 5.45. The minimum atomic E-state index is -0.0839. The average Bonchev–Trinajstić information content (AvgIpc) is 3.00. The van der Waals surface area contributed by atoms with E-state index < -0.39 is 0 Å². The number of amides is 1. The lowest BCUT2D eigenvalue weighted by Crippen LogP contribution is -2.42. The summed E-state index contributed by atoms with van der Waals surface area (Å²) in [5.41, 5.74) is 0.114. The van der Waals surface area contributed by atoms with Crippen molar-refractivity contribution >= 4 is 17.5 Å². The van der Waals surface area contributed by atoms with Gasteiger partial charge < -0.3 is 10.1 Å². The highest BCUT2D eigenvalue weighted by molar-refractivity contribution is 6.27. The fourth-order valence-electron chi connectivity index (χ4n) is 2.40. The molecule has 0 aromatic heterocycles. The molecule has 2 aliphatic rings. The number of hydrogen-bond donors (Lipinski definition) is 1. The number of carbonyl (C=O) groups is 1. The van der Waals surface area contributed by atoms with Crippen molar-refractivity contribution in [2.75, 3.05) is 19.0 Å². The number of rotatable bonds is 4. The van der Waals surface area contributed by atoms with Gasteiger partial charge in [-0.15, -0.1) is 11.6 Å². The molecule has 2 unspecified atom stereocenters. The molecule has 0 aromatic carbocycles. The van der Waals surface area contributed by atoms with Crippen LogP contribution in [0, 0.1) is 11.3 Å². The quantitative estimate of drug-likeness (QED) is 0.746. The molecular weight excluding hydrogens is 214 g/mol. The second kappa shape index (κ2) is 4.30. The van der Waals surface area contributed by atoms with Crippen LogP contribution < -0.4 is 5.32 Å². The van der Waals surface area contributed by atoms with E-state index in [1.165, 1.54) is 12.8 Å². The van der Waals surface area contributed by atoms with Crippen molar-refractivity contribution in [1.29, 1.82) is 0 Å². The fraction of sp³-hybridized carbons (Fsp3) is 0.909. The topological polar surface area (TPSA) is 38.3 Å². The second-order valence-corrected chi connectivity index (χ2v) is 5.21. The first-order valence-electron chi connectivity index (χ1n) is 5.60. The van der Waals surface area contributed by atoms with Gasteiger partial charge in [-0.2, -0.15) is 0 Å². The predicted molar refractivity (Wildman–Crippen MR) is 58.9 cm³/mol. The van der Waals surface area contributed by atoms with Crippen LogP contribution in [0.4, 0.5) is 0 Å². The molecule has 86 valence electrons. The van der Waals surface area contributed by atoms with Crippen LogP contribution in [0.15, 0.2) is 0 Å². The largest absolute Gasteiger partial charge is 0.377 e. The summed E-state index contributed by atoms with van der Waals surface area (Å²) in [6.45, 7) is 3.73. The molecule has 1 aliphatic carbocycles. The number of nitrogens with one attached hydrogen (secondary N) is 1. The summed E-state index contributed by atoms with van der Waals surface area (Å²) in [6, 6.07) is 0. The molecular formula is C11H18ClNO2. The first kappa shape index (κ1) is 11.2. The Bertz CT molecular complexity index is 255. The van der Waals surface area contributed by atoms with Gasteiger partial charge in [-0.1, -0.05) is 6.92 Å². The van der Waals surface area contributed by atoms with Crippen molar-refractivity contribution < 1.29 is 9.53 Å². The van der Waals surface area contributed by atoms with Crippen LogP contribution in [0.5, 0.6) is 0 Å². The number of alkyl halides is 1. The standard InChI is InChI=1S/C11H18ClNO2/c1-11(7-13-9(14)6-12)4-5-15-10(11)8-2-3-8/h8,10H,2-7H2,1H3,(H,13,14). The van der Waals surface area contributed by atoms with Crippen molar-refractivity contribution in [2.24, 2.45) is 11.3 Å². The van der Waals surface area contributed by atoms with Gasteiger partial charge >= 0.3 is 0 Å². The molecule has 1 N–H and O–H groups in total. The van der Waals surface area contributed by atoms with Gasteiger partial charge in [0.2, 0.25) is 5.91 Å². The Morgan fingerprint density at radius 3 is 2.93 bits per heavy atom. The Morgan fingerprint density at radius 2 is 2.33 bits per heavy atom. The maximum absolute atomic E-state index is 11.1. The van der Waals surface area contributed by atoms with E-state index >= 15 is 0 Å². The Kier molecular flexibility index (Phi) is 3.21. The first-order valence-corrected chi connectivity index (χ1v) is 6.13. The van der Waals surface area contributed by atoms with Gasteiger partial charge in [0.05, 0.1) is 6.10 Å². The molecule has 2 fully saturated rings. The summed E-state index contributed by atoms with van der Waals surface area (Å²) in [5.74, 6) is 0.690. The third-order valence-corrected chi connectivity index (χ3v) is 3.76. The SMILES string of the molecule is CC1(CNC(=O)CCl)CCOC1C1CC1. The van der Waals surface area contributed by atoms with Crippen LogP contribution >= 0.6 is 11.6 Å². The monoisotopic (exact) mass is 231 g/mol. The van der Waals surface area contributed by atoms with Gasteiger partial charge in [0.1, 0.15) is 5.88 Å². The van der Waals surface area contributed by atoms with E-state index in [1.54, 1.807) is 0 Å². The van der Waals surface area contributed by atoms with E-state index in [4.69, 9.17) is 16.3 Å². The Hall–Kier alpha value is -0.280. The molecule has 4 heteroatoms. The lowest BCUT2D eigenvalue weighted by atomic mass is 9.81. The predicted octanol–water partition coefficient (Wildman–Crippen LogP) is 1.55. The number of hydrogen-bond acceptors (Lipinski definition) is 2. The third kappa shape index (κ3) is 2.45. The second-order valence-electron chi connectivity index (χ2n) is 4.94. The minimum Gasteiger partial charge on any atom is -0.377 e. The maximum atomic E-state index is 11.1. The van der Waals surface area contributed by atoms with Crippen LogP contribution in [0.3, 0.4) is 0 Å². The van der Waals surface area contributed by atoms with Gasteiger partial charge in [0.25, 0.3) is 0 Å². The summed E-state index contributed by atoms with van der Waals surface area (Å²) in [4.78, 5) is 11.1. The summed E-state index contributed by atoms with van der Waals surface area (Å²) in [7, 11) is 0. The lowest BCUT2D eigenvalue weighted by molar-refractivity contribution is -0.119. The van der Waals surface area contributed by atoms with E-state index in [1.807, 2.05) is 0 Å². The molecule has 15 heavy (non-hydrogen) atoms. The molecule has 1 saturated carbocycles. The van der Waals surface area contributed by atoms with Gasteiger partial charge in [-0.25, -0.2) is 0 Å². The Balaban J connectivity index is 1.89. The third-order valence-electron chi connectivity index (χ3n) is 3.52. The zero-order valence-electron chi connectivity index (χ0n) is 9.09. The first-order chi connectivity index (χ1) is 7.15. The molecule has 0 aromatic rings. The van der Waals surface area contributed by atoms with Crippen LogP contribution in [-0.2, 0) is 9.53 Å². The van der Waals surface area contributed by atoms with E-state index in [0.29, 0.717) is 12.6 Å². The molecule has 2 rings (SSSR count). The van der Waals surface area contributed by atoms with Crippen molar-refractivity contribution in [1.82, 2.24) is 5.32 Å². The van der Waals surface area contributed by atoms with Crippen molar-refractivity contribution in [3.05, 3.63) is 0 Å². The number of carbonyl (C=O) groups excluding carboxylic acids is 1. The smallest absolute Gasteiger partial charge is 0.234 e. The highest BCUT2D eigenvalue weighted by Gasteiger charge is 2.48. The molecule has 1 heterocycles. The molecule has 2 atom stereocenters. The molecule has 1 aliphatic heterocycles. The van der Waals surface area contributed by atoms with Crippen LogP contribution in [0.25, 0.3) is 0 Å². The maximum Gasteiger partial charge on any atom is 0.234 e. The minimum absolute atomic E-state index is 0.0467. The Morgan fingerprint density at radius 1 is 1.60 bits per heavy atom. The average molecular weight is 232 g/mol. The van der Waals surface area contributed by atoms with E-state index in [9.17, 15) is 4.79 Å². The summed E-state index contributed by atoms with van der Waals surface area (Å²) in [5, 5.41) is 2.88. The van der Waals surface area contributed by atoms with Crippen LogP contribution in [0.2, 0.25) is 0 Å². The van der Waals surface area contributed by atoms with Gasteiger partial charge in [0, 0.05) is 18.6 Å². The Labute approximate surface area is 95.5 Å². The van der Waals surface area contributed by atoms with Gasteiger partial charge in [-0.3, -0.25) is 4.79 Å². The van der Waals surface area contributed by atoms with Crippen LogP contribution in [-0.4, -0.2) is 31.0 Å². The lowest BCUT2D eigenvalue weighted by Gasteiger charge is -2.30. The fourth-order valence-corrected chi connectivity index (χ4v) is 2.50. The number of halogens is 1. The molecule has 0 bridgehead atoms. The van der Waals surface area contributed by atoms with Gasteiger partial charge in [0.15, 0.2) is 0 Å². The molecule has 1 amide bonds. The van der Waals surface area contributed by atoms with E-state index in [2.05, 4.69) is 12.2 Å². The van der Waals surface area contributed by atoms with E-state index in [-0.39, 0.29) is 17.2 Å². The normalized spacial score (nSPS) is 35.5. The highest BCUT2D eigenvalue weighted by atomic mass is 35.5. The number of ether oxygens (including phenoxy) is 1. The molecule has 3 nitrogen and oxygen atoms in total. The van der Waals surface area contributed by atoms with Crippen molar-refractivity contribution in [2.45, 2.75) is 32.3 Å². The van der Waals surface area contributed by atoms with Gasteiger partial charge in [-0.05, 0) is 25.2 Å². The zero-order chi connectivity index (χ0) is 10.9. The molecule has 1 saturated heterocycles. The zero-order valence-corrected chi connectivity index (χ0v) is 9.85. The van der Waals surface area contributed by atoms with Crippen LogP contribution in [0.1, 0.15) is 26.2 Å². The van der Waals surface area contributed by atoms with E-state index in [0.717, 1.165) is 18.9 Å². The highest BCUT2D eigenvalue weighted by Crippen LogP contribution is 2.47. The van der Waals surface area contributed by atoms with Crippen molar-refractivity contribution in [3.8, 4) is 0 Å².